The molecule has 0 bridgehead atoms. The Bertz CT molecular complexity index is 823. The fraction of sp³-hybridized carbons (Fsp3) is 0.300. The van der Waals surface area contributed by atoms with Gasteiger partial charge in [-0.25, -0.2) is 4.90 Å². The van der Waals surface area contributed by atoms with Crippen LogP contribution in [0, 0.1) is 0 Å². The number of aliphatic hydroxyl groups is 1. The second-order valence-electron chi connectivity index (χ2n) is 5.97. The number of fused-ring (bicyclic) bond motifs is 1. The second-order valence-corrected chi connectivity index (χ2v) is 5.97. The molecule has 2 amide bonds. The van der Waals surface area contributed by atoms with Gasteiger partial charge in [-0.05, 0) is 30.0 Å². The van der Waals surface area contributed by atoms with Crippen LogP contribution < -0.4 is 4.90 Å². The highest BCUT2D eigenvalue weighted by Crippen LogP contribution is 2.38. The van der Waals surface area contributed by atoms with E-state index in [0.29, 0.717) is 18.5 Å². The normalized spacial score (nSPS) is 19.9. The van der Waals surface area contributed by atoms with Crippen LogP contribution >= 0.6 is 0 Å². The molecule has 5 heteroatoms. The van der Waals surface area contributed by atoms with Crippen LogP contribution in [0.3, 0.4) is 0 Å². The summed E-state index contributed by atoms with van der Waals surface area (Å²) >= 11 is 0. The van der Waals surface area contributed by atoms with Crippen molar-refractivity contribution in [2.75, 3.05) is 12.0 Å². The number of anilines is 1. The van der Waals surface area contributed by atoms with Gasteiger partial charge in [0.1, 0.15) is 0 Å². The van der Waals surface area contributed by atoms with Gasteiger partial charge in [-0.3, -0.25) is 9.59 Å². The lowest BCUT2D eigenvalue weighted by Crippen LogP contribution is -2.56. The van der Waals surface area contributed by atoms with Crippen LogP contribution in [0.1, 0.15) is 40.9 Å². The summed E-state index contributed by atoms with van der Waals surface area (Å²) in [5.41, 5.74) is 2.74. The summed E-state index contributed by atoms with van der Waals surface area (Å²) in [5.74, 6) is -3.41. The molecule has 3 rings (SSSR count). The van der Waals surface area contributed by atoms with Gasteiger partial charge < -0.3 is 9.84 Å². The van der Waals surface area contributed by atoms with Crippen molar-refractivity contribution in [2.24, 2.45) is 0 Å². The molecule has 0 saturated carbocycles. The van der Waals surface area contributed by atoms with Crippen molar-refractivity contribution in [3.8, 4) is 0 Å². The van der Waals surface area contributed by atoms with Crippen LogP contribution in [0.4, 0.5) is 5.69 Å². The Morgan fingerprint density at radius 2 is 1.60 bits per heavy atom. The minimum absolute atomic E-state index is 0.177. The quantitative estimate of drug-likeness (QED) is 0.687. The number of carbonyl (C=O) groups is 2. The maximum Gasteiger partial charge on any atom is 0.299 e. The standard InChI is InChI=1S/C20H21NO4/c1-4-13-9-8-10-14(5-2)17(13)21-18(22)15-11-6-7-12-16(15)20(24,25-3)19(21)23/h6-12,24H,4-5H2,1-3H3. The van der Waals surface area contributed by atoms with E-state index in [4.69, 9.17) is 4.74 Å². The third-order valence-electron chi connectivity index (χ3n) is 4.70. The Balaban J connectivity index is 2.29. The number of nitrogens with zero attached hydrogens (tertiary/aromatic N) is 1. The van der Waals surface area contributed by atoms with E-state index in [9.17, 15) is 14.7 Å². The molecule has 25 heavy (non-hydrogen) atoms. The van der Waals surface area contributed by atoms with Crippen molar-refractivity contribution in [1.82, 2.24) is 0 Å². The van der Waals surface area contributed by atoms with Crippen LogP contribution in [0.5, 0.6) is 0 Å². The average molecular weight is 339 g/mol. The van der Waals surface area contributed by atoms with Crippen molar-refractivity contribution >= 4 is 17.5 Å². The number of amides is 2. The molecular weight excluding hydrogens is 318 g/mol. The van der Waals surface area contributed by atoms with Gasteiger partial charge in [0.05, 0.1) is 5.69 Å². The monoisotopic (exact) mass is 339 g/mol. The zero-order valence-corrected chi connectivity index (χ0v) is 14.6. The summed E-state index contributed by atoms with van der Waals surface area (Å²) in [6, 6.07) is 12.2. The number of ether oxygens (including phenoxy) is 1. The van der Waals surface area contributed by atoms with Gasteiger partial charge in [-0.2, -0.15) is 0 Å². The molecule has 1 N–H and O–H groups in total. The molecule has 130 valence electrons. The molecule has 0 saturated heterocycles. The van der Waals surface area contributed by atoms with Gasteiger partial charge in [0.25, 0.3) is 17.6 Å². The summed E-state index contributed by atoms with van der Waals surface area (Å²) in [7, 11) is 1.26. The summed E-state index contributed by atoms with van der Waals surface area (Å²) in [4.78, 5) is 27.3. The largest absolute Gasteiger partial charge is 0.354 e. The third-order valence-corrected chi connectivity index (χ3v) is 4.70. The topological polar surface area (TPSA) is 66.8 Å². The van der Waals surface area contributed by atoms with Crippen molar-refractivity contribution < 1.29 is 19.4 Å². The minimum Gasteiger partial charge on any atom is -0.354 e. The van der Waals surface area contributed by atoms with Crippen molar-refractivity contribution in [3.63, 3.8) is 0 Å². The van der Waals surface area contributed by atoms with Crippen LogP contribution in [0.15, 0.2) is 42.5 Å². The van der Waals surface area contributed by atoms with E-state index in [2.05, 4.69) is 0 Å². The fourth-order valence-corrected chi connectivity index (χ4v) is 3.35. The molecular formula is C20H21NO4. The molecule has 1 atom stereocenters. The Morgan fingerprint density at radius 3 is 2.16 bits per heavy atom. The number of benzene rings is 2. The van der Waals surface area contributed by atoms with Crippen LogP contribution in [-0.4, -0.2) is 24.0 Å². The molecule has 0 spiro atoms. The van der Waals surface area contributed by atoms with Gasteiger partial charge in [0.15, 0.2) is 0 Å². The van der Waals surface area contributed by atoms with E-state index in [1.165, 1.54) is 7.11 Å². The van der Waals surface area contributed by atoms with Gasteiger partial charge in [0, 0.05) is 18.2 Å². The molecule has 0 fully saturated rings. The number of hydrogen-bond acceptors (Lipinski definition) is 4. The molecule has 0 aliphatic carbocycles. The number of carbonyl (C=O) groups excluding carboxylic acids is 2. The summed E-state index contributed by atoms with van der Waals surface area (Å²) in [5, 5.41) is 10.9. The van der Waals surface area contributed by atoms with Crippen LogP contribution in [0.25, 0.3) is 0 Å². The Kier molecular flexibility index (Phi) is 4.45. The van der Waals surface area contributed by atoms with Crippen molar-refractivity contribution in [3.05, 3.63) is 64.7 Å². The molecule has 5 nitrogen and oxygen atoms in total. The van der Waals surface area contributed by atoms with Crippen molar-refractivity contribution in [1.29, 1.82) is 0 Å². The van der Waals surface area contributed by atoms with E-state index >= 15 is 0 Å². The zero-order valence-electron chi connectivity index (χ0n) is 14.6. The number of para-hydroxylation sites is 1. The van der Waals surface area contributed by atoms with E-state index in [1.54, 1.807) is 24.3 Å². The van der Waals surface area contributed by atoms with E-state index in [-0.39, 0.29) is 11.1 Å². The Morgan fingerprint density at radius 1 is 1.00 bits per heavy atom. The molecule has 1 aliphatic heterocycles. The molecule has 1 aliphatic rings. The molecule has 1 heterocycles. The predicted molar refractivity (Wildman–Crippen MR) is 94.4 cm³/mol. The Labute approximate surface area is 146 Å². The highest BCUT2D eigenvalue weighted by Gasteiger charge is 2.51. The van der Waals surface area contributed by atoms with Gasteiger partial charge in [-0.15, -0.1) is 0 Å². The number of hydrogen-bond donors (Lipinski definition) is 1. The molecule has 0 radical (unpaired) electrons. The first-order valence-electron chi connectivity index (χ1n) is 8.36. The lowest BCUT2D eigenvalue weighted by Gasteiger charge is -2.38. The summed E-state index contributed by atoms with van der Waals surface area (Å²) < 4.78 is 5.18. The van der Waals surface area contributed by atoms with Gasteiger partial charge in [0.2, 0.25) is 0 Å². The van der Waals surface area contributed by atoms with Crippen LogP contribution in [0.2, 0.25) is 0 Å². The van der Waals surface area contributed by atoms with Gasteiger partial charge >= 0.3 is 0 Å². The van der Waals surface area contributed by atoms with Gasteiger partial charge in [-0.1, -0.05) is 50.2 Å². The van der Waals surface area contributed by atoms with Crippen LogP contribution in [-0.2, 0) is 28.2 Å². The highest BCUT2D eigenvalue weighted by molar-refractivity contribution is 6.27. The summed E-state index contributed by atoms with van der Waals surface area (Å²) in [6.45, 7) is 3.93. The second kappa shape index (κ2) is 6.43. The van der Waals surface area contributed by atoms with E-state index in [1.807, 2.05) is 32.0 Å². The molecule has 2 aromatic carbocycles. The van der Waals surface area contributed by atoms with E-state index < -0.39 is 17.6 Å². The maximum absolute atomic E-state index is 13.1. The SMILES string of the molecule is CCc1cccc(CC)c1N1C(=O)c2ccccc2C(O)(OC)C1=O. The highest BCUT2D eigenvalue weighted by atomic mass is 16.6. The molecule has 1 unspecified atom stereocenters. The first kappa shape index (κ1) is 17.3. The third kappa shape index (κ3) is 2.47. The summed E-state index contributed by atoms with van der Waals surface area (Å²) in [6.07, 6.45) is 1.32. The zero-order chi connectivity index (χ0) is 18.2. The average Bonchev–Trinajstić information content (AvgIpc) is 2.66. The van der Waals surface area contributed by atoms with Crippen molar-refractivity contribution in [2.45, 2.75) is 32.5 Å². The predicted octanol–water partition coefficient (Wildman–Crippen LogP) is 2.79. The number of methoxy groups -OCH3 is 1. The first-order chi connectivity index (χ1) is 12.0. The maximum atomic E-state index is 13.1. The molecule has 0 aromatic heterocycles. The fourth-order valence-electron chi connectivity index (χ4n) is 3.35. The Hall–Kier alpha value is -2.50. The number of aryl methyl sites for hydroxylation is 2. The van der Waals surface area contributed by atoms with E-state index in [0.717, 1.165) is 16.0 Å². The lowest BCUT2D eigenvalue weighted by atomic mass is 9.90. The first-order valence-corrected chi connectivity index (χ1v) is 8.36. The molecule has 2 aromatic rings. The number of imide groups is 1. The minimum atomic E-state index is -2.18. The smallest absolute Gasteiger partial charge is 0.299 e. The lowest BCUT2D eigenvalue weighted by molar-refractivity contribution is -0.200. The number of rotatable bonds is 4.